The Labute approximate surface area is 261 Å². The molecule has 3 amide bonds. The summed E-state index contributed by atoms with van der Waals surface area (Å²) >= 11 is 1.60. The predicted molar refractivity (Wildman–Crippen MR) is 172 cm³/mol. The summed E-state index contributed by atoms with van der Waals surface area (Å²) in [6.07, 6.45) is 9.06. The van der Waals surface area contributed by atoms with Crippen molar-refractivity contribution in [2.75, 3.05) is 19.7 Å². The minimum Gasteiger partial charge on any atom is -0.394 e. The lowest BCUT2D eigenvalue weighted by Gasteiger charge is -2.46. The summed E-state index contributed by atoms with van der Waals surface area (Å²) in [4.78, 5) is 49.8. The molecule has 234 valence electrons. The van der Waals surface area contributed by atoms with Gasteiger partial charge >= 0.3 is 0 Å². The van der Waals surface area contributed by atoms with Crippen molar-refractivity contribution >= 4 is 29.5 Å². The molecule has 8 heteroatoms. The van der Waals surface area contributed by atoms with Crippen molar-refractivity contribution in [3.63, 3.8) is 0 Å². The van der Waals surface area contributed by atoms with E-state index in [-0.39, 0.29) is 35.7 Å². The van der Waals surface area contributed by atoms with Gasteiger partial charge in [-0.15, -0.1) is 11.8 Å². The Hall–Kier alpha value is -2.58. The van der Waals surface area contributed by atoms with Crippen LogP contribution in [0.1, 0.15) is 67.4 Å². The van der Waals surface area contributed by atoms with Crippen LogP contribution >= 0.6 is 11.8 Å². The van der Waals surface area contributed by atoms with Crippen molar-refractivity contribution in [2.24, 2.45) is 23.2 Å². The Kier molecular flexibility index (Phi) is 8.21. The number of hydrogen-bond acceptors (Lipinski definition) is 5. The van der Waals surface area contributed by atoms with Crippen molar-refractivity contribution in [1.29, 1.82) is 0 Å². The van der Waals surface area contributed by atoms with Gasteiger partial charge in [0.2, 0.25) is 17.7 Å². The van der Waals surface area contributed by atoms with Crippen LogP contribution in [0.3, 0.4) is 0 Å². The number of hydrogen-bond donors (Lipinski definition) is 1. The zero-order valence-corrected chi connectivity index (χ0v) is 27.9. The van der Waals surface area contributed by atoms with E-state index in [1.807, 2.05) is 60.1 Å². The number of nitrogens with zero attached hydrogens (tertiary/aromatic N) is 3. The second-order valence-corrected chi connectivity index (χ2v) is 17.0. The monoisotopic (exact) mass is 607 g/mol. The van der Waals surface area contributed by atoms with Crippen molar-refractivity contribution in [3.05, 3.63) is 60.2 Å². The molecule has 1 unspecified atom stereocenters. The summed E-state index contributed by atoms with van der Waals surface area (Å²) in [7, 11) is 0. The van der Waals surface area contributed by atoms with Gasteiger partial charge in [0.1, 0.15) is 6.04 Å². The van der Waals surface area contributed by atoms with Crippen LogP contribution < -0.4 is 0 Å². The Morgan fingerprint density at radius 2 is 1.58 bits per heavy atom. The molecular weight excluding hydrogens is 558 g/mol. The predicted octanol–water partition coefficient (Wildman–Crippen LogP) is 4.90. The van der Waals surface area contributed by atoms with E-state index in [1.54, 1.807) is 16.7 Å². The van der Waals surface area contributed by atoms with Crippen LogP contribution in [0.2, 0.25) is 0 Å². The van der Waals surface area contributed by atoms with Gasteiger partial charge < -0.3 is 19.8 Å². The summed E-state index contributed by atoms with van der Waals surface area (Å²) in [5.41, 5.74) is 0.551. The van der Waals surface area contributed by atoms with Crippen molar-refractivity contribution < 1.29 is 19.5 Å². The van der Waals surface area contributed by atoms with Crippen LogP contribution in [-0.2, 0) is 20.9 Å². The lowest BCUT2D eigenvalue weighted by atomic mass is 9.74. The minimum absolute atomic E-state index is 0.0149. The second-order valence-electron chi connectivity index (χ2n) is 15.2. The molecule has 43 heavy (non-hydrogen) atoms. The molecule has 1 spiro atoms. The molecule has 1 N–H and O–H groups in total. The molecule has 4 heterocycles. The van der Waals surface area contributed by atoms with Gasteiger partial charge in [-0.3, -0.25) is 14.4 Å². The van der Waals surface area contributed by atoms with Crippen LogP contribution in [0.15, 0.2) is 54.6 Å². The smallest absolute Gasteiger partial charge is 0.247 e. The van der Waals surface area contributed by atoms with Crippen LogP contribution in [-0.4, -0.2) is 84.3 Å². The fraction of sp³-hybridized carbons (Fsp3) is 0.629. The lowest BCUT2D eigenvalue weighted by molar-refractivity contribution is -0.150. The van der Waals surface area contributed by atoms with Gasteiger partial charge in [0.15, 0.2) is 0 Å². The molecule has 6 atom stereocenters. The van der Waals surface area contributed by atoms with E-state index in [0.717, 1.165) is 12.0 Å². The topological polar surface area (TPSA) is 81.2 Å². The van der Waals surface area contributed by atoms with E-state index in [0.29, 0.717) is 19.6 Å². The molecule has 0 saturated carbocycles. The van der Waals surface area contributed by atoms with Crippen molar-refractivity contribution in [3.8, 4) is 0 Å². The Bertz CT molecular complexity index is 1320. The van der Waals surface area contributed by atoms with E-state index in [2.05, 4.69) is 59.8 Å². The lowest BCUT2D eigenvalue weighted by Crippen LogP contribution is -2.61. The first-order valence-electron chi connectivity index (χ1n) is 15.7. The highest BCUT2D eigenvalue weighted by molar-refractivity contribution is 8.02. The number of thioether (sulfide) groups is 1. The highest BCUT2D eigenvalue weighted by Crippen LogP contribution is 2.66. The molecule has 0 radical (unpaired) electrons. The van der Waals surface area contributed by atoms with Gasteiger partial charge in [0.05, 0.1) is 29.2 Å². The SMILES string of the molecule is CC(C)[C@H](CO)N1C(=O)[C@@H]2[C@@H]3C(=O)N(Cc4ccccc4)CC=C[C@]3(C)S[C@@]23C=CCN(C(C)(C)CC(C)(C)C)C(=O)C13. The third-order valence-electron chi connectivity index (χ3n) is 9.80. The Morgan fingerprint density at radius 3 is 2.19 bits per heavy atom. The highest BCUT2D eigenvalue weighted by Gasteiger charge is 2.75. The van der Waals surface area contributed by atoms with E-state index in [9.17, 15) is 19.5 Å². The van der Waals surface area contributed by atoms with E-state index in [1.165, 1.54) is 0 Å². The molecule has 4 aliphatic heterocycles. The Morgan fingerprint density at radius 1 is 0.930 bits per heavy atom. The Balaban J connectivity index is 1.63. The number of likely N-dealkylation sites (tertiary alicyclic amines) is 1. The van der Waals surface area contributed by atoms with Gasteiger partial charge in [-0.1, -0.05) is 89.3 Å². The maximum Gasteiger partial charge on any atom is 0.247 e. The first-order chi connectivity index (χ1) is 20.1. The molecular formula is C35H49N3O4S. The molecule has 0 aliphatic carbocycles. The number of benzene rings is 1. The van der Waals surface area contributed by atoms with Gasteiger partial charge in [-0.25, -0.2) is 0 Å². The zero-order valence-electron chi connectivity index (χ0n) is 27.0. The molecule has 2 fully saturated rings. The van der Waals surface area contributed by atoms with Crippen molar-refractivity contribution in [1.82, 2.24) is 14.7 Å². The first kappa shape index (κ1) is 31.8. The molecule has 2 saturated heterocycles. The fourth-order valence-electron chi connectivity index (χ4n) is 8.37. The van der Waals surface area contributed by atoms with E-state index < -0.39 is 39.0 Å². The maximum atomic E-state index is 14.9. The van der Waals surface area contributed by atoms with Gasteiger partial charge in [-0.05, 0) is 44.1 Å². The van der Waals surface area contributed by atoms with Crippen LogP contribution in [0.5, 0.6) is 0 Å². The summed E-state index contributed by atoms with van der Waals surface area (Å²) in [6, 6.07) is 8.57. The third-order valence-corrected chi connectivity index (χ3v) is 11.6. The van der Waals surface area contributed by atoms with Gasteiger partial charge in [0.25, 0.3) is 0 Å². The summed E-state index contributed by atoms with van der Waals surface area (Å²) in [6.45, 7) is 17.9. The number of fused-ring (bicyclic) bond motifs is 2. The second kappa shape index (κ2) is 11.1. The minimum atomic E-state index is -0.932. The number of rotatable bonds is 7. The normalized spacial score (nSPS) is 31.7. The molecule has 0 aromatic heterocycles. The van der Waals surface area contributed by atoms with Crippen LogP contribution in [0.25, 0.3) is 0 Å². The average Bonchev–Trinajstić information content (AvgIpc) is 3.16. The number of amides is 3. The van der Waals surface area contributed by atoms with E-state index >= 15 is 0 Å². The molecule has 7 nitrogen and oxygen atoms in total. The largest absolute Gasteiger partial charge is 0.394 e. The van der Waals surface area contributed by atoms with Crippen LogP contribution in [0.4, 0.5) is 0 Å². The molecule has 1 aromatic carbocycles. The van der Waals surface area contributed by atoms with E-state index in [4.69, 9.17) is 0 Å². The number of aliphatic hydroxyl groups excluding tert-OH is 1. The third kappa shape index (κ3) is 5.37. The number of aliphatic hydroxyl groups is 1. The number of carbonyl (C=O) groups is 3. The average molecular weight is 608 g/mol. The molecule has 1 aromatic rings. The molecule has 5 rings (SSSR count). The van der Waals surface area contributed by atoms with Crippen molar-refractivity contribution in [2.45, 2.75) is 95.5 Å². The summed E-state index contributed by atoms with van der Waals surface area (Å²) < 4.78 is -1.60. The summed E-state index contributed by atoms with van der Waals surface area (Å²) in [5.74, 6) is -1.79. The zero-order chi connectivity index (χ0) is 31.5. The van der Waals surface area contributed by atoms with Gasteiger partial charge in [-0.2, -0.15) is 0 Å². The first-order valence-corrected chi connectivity index (χ1v) is 16.5. The molecule has 4 aliphatic rings. The quantitative estimate of drug-likeness (QED) is 0.446. The maximum absolute atomic E-state index is 14.9. The fourth-order valence-corrected chi connectivity index (χ4v) is 10.5. The number of carbonyl (C=O) groups excluding carboxylic acids is 3. The highest BCUT2D eigenvalue weighted by atomic mass is 32.2. The summed E-state index contributed by atoms with van der Waals surface area (Å²) in [5, 5.41) is 10.6. The molecule has 0 bridgehead atoms. The van der Waals surface area contributed by atoms with Crippen LogP contribution in [0, 0.1) is 23.2 Å². The van der Waals surface area contributed by atoms with Gasteiger partial charge in [0, 0.05) is 29.9 Å². The standard InChI is InChI=1S/C35H49N3O4S/c1-23(2)25(21-39)38-28-31(42)37(33(6,7)22-32(3,4)5)19-13-17-35(28)27(30(38)41)26-29(40)36(18-12-16-34(26,8)43-35)20-24-14-10-9-11-15-24/h9-17,23,25-28,39H,18-22H2,1-8H3/t25-,26+,27-,28?,34-,35-/m0/s1.